The quantitative estimate of drug-likeness (QED) is 0.603. The average molecular weight is 369 g/mol. The van der Waals surface area contributed by atoms with Crippen molar-refractivity contribution in [3.63, 3.8) is 0 Å². The monoisotopic (exact) mass is 368 g/mol. The van der Waals surface area contributed by atoms with Crippen molar-refractivity contribution in [1.29, 1.82) is 0 Å². The number of allylic oxidation sites excluding steroid dienone is 2. The molecule has 1 aliphatic carbocycles. The van der Waals surface area contributed by atoms with Crippen molar-refractivity contribution in [2.24, 2.45) is 5.92 Å². The van der Waals surface area contributed by atoms with Crippen LogP contribution in [0, 0.1) is 12.8 Å². The first-order valence-corrected chi connectivity index (χ1v) is 7.47. The second-order valence-corrected chi connectivity index (χ2v) is 5.86. The Bertz CT molecular complexity index is 663. The average Bonchev–Trinajstić information content (AvgIpc) is 2.82. The summed E-state index contributed by atoms with van der Waals surface area (Å²) in [6.07, 6.45) is 0.204. The van der Waals surface area contributed by atoms with Gasteiger partial charge in [-0.3, -0.25) is 9.59 Å². The first kappa shape index (κ1) is 16.5. The molecule has 118 valence electrons. The minimum absolute atomic E-state index is 0.204. The topological polar surface area (TPSA) is 61.8 Å². The third kappa shape index (κ3) is 2.75. The van der Waals surface area contributed by atoms with Crippen LogP contribution in [0.15, 0.2) is 22.4 Å². The lowest BCUT2D eigenvalue weighted by molar-refractivity contribution is -0.147. The maximum absolute atomic E-state index is 12.7. The van der Waals surface area contributed by atoms with Gasteiger partial charge in [-0.25, -0.2) is 0 Å². The van der Waals surface area contributed by atoms with Crippen molar-refractivity contribution >= 4 is 33.3 Å². The Labute approximate surface area is 137 Å². The van der Waals surface area contributed by atoms with E-state index in [1.807, 2.05) is 13.0 Å². The van der Waals surface area contributed by atoms with Crippen molar-refractivity contribution in [3.05, 3.63) is 33.5 Å². The molecule has 0 saturated carbocycles. The Morgan fingerprint density at radius 2 is 1.91 bits per heavy atom. The van der Waals surface area contributed by atoms with Crippen molar-refractivity contribution in [1.82, 2.24) is 0 Å². The molecule has 0 heterocycles. The van der Waals surface area contributed by atoms with Crippen molar-refractivity contribution in [3.8, 4) is 5.75 Å². The number of ketones is 1. The van der Waals surface area contributed by atoms with E-state index < -0.39 is 11.9 Å². The number of hydrogen-bond acceptors (Lipinski definition) is 5. The van der Waals surface area contributed by atoms with Gasteiger partial charge >= 0.3 is 5.97 Å². The van der Waals surface area contributed by atoms with Crippen LogP contribution in [0.2, 0.25) is 0 Å². The molecule has 0 spiro atoms. The summed E-state index contributed by atoms with van der Waals surface area (Å²) in [4.78, 5) is 24.5. The SMILES string of the molecule is COC(=O)C1CC(OC)=C(c2c(C)cc(Br)cc2OC)C1=O. The highest BCUT2D eigenvalue weighted by Crippen LogP contribution is 2.42. The van der Waals surface area contributed by atoms with E-state index in [9.17, 15) is 9.59 Å². The molecule has 0 bridgehead atoms. The van der Waals surface area contributed by atoms with Crippen LogP contribution >= 0.6 is 15.9 Å². The number of benzene rings is 1. The Kier molecular flexibility index (Phi) is 4.90. The molecule has 5 nitrogen and oxygen atoms in total. The van der Waals surface area contributed by atoms with Crippen molar-refractivity contribution in [2.75, 3.05) is 21.3 Å². The molecule has 1 aromatic rings. The van der Waals surface area contributed by atoms with Gasteiger partial charge in [-0.15, -0.1) is 0 Å². The van der Waals surface area contributed by atoms with Crippen molar-refractivity contribution in [2.45, 2.75) is 13.3 Å². The van der Waals surface area contributed by atoms with E-state index in [4.69, 9.17) is 14.2 Å². The van der Waals surface area contributed by atoms with Crippen LogP contribution in [-0.2, 0) is 19.1 Å². The molecule has 22 heavy (non-hydrogen) atoms. The first-order valence-electron chi connectivity index (χ1n) is 6.68. The number of methoxy groups -OCH3 is 3. The number of aryl methyl sites for hydroxylation is 1. The Hall–Kier alpha value is -1.82. The number of carbonyl (C=O) groups is 2. The summed E-state index contributed by atoms with van der Waals surface area (Å²) in [5, 5.41) is 0. The summed E-state index contributed by atoms with van der Waals surface area (Å²) < 4.78 is 16.3. The predicted molar refractivity (Wildman–Crippen MR) is 84.5 cm³/mol. The molecule has 1 aromatic carbocycles. The third-order valence-electron chi connectivity index (χ3n) is 3.70. The number of rotatable bonds is 4. The van der Waals surface area contributed by atoms with Gasteiger partial charge in [0.1, 0.15) is 17.4 Å². The zero-order chi connectivity index (χ0) is 16.4. The van der Waals surface area contributed by atoms with E-state index in [1.54, 1.807) is 6.07 Å². The zero-order valence-electron chi connectivity index (χ0n) is 12.9. The Morgan fingerprint density at radius 1 is 1.23 bits per heavy atom. The summed E-state index contributed by atoms with van der Waals surface area (Å²) in [5.41, 5.74) is 1.90. The molecule has 0 fully saturated rings. The number of ether oxygens (including phenoxy) is 3. The number of esters is 1. The fourth-order valence-electron chi connectivity index (χ4n) is 2.67. The van der Waals surface area contributed by atoms with Crippen LogP contribution in [0.3, 0.4) is 0 Å². The van der Waals surface area contributed by atoms with Gasteiger partial charge in [0.05, 0.1) is 26.9 Å². The first-order chi connectivity index (χ1) is 10.4. The highest BCUT2D eigenvalue weighted by molar-refractivity contribution is 9.10. The van der Waals surface area contributed by atoms with E-state index in [0.717, 1.165) is 10.0 Å². The summed E-state index contributed by atoms with van der Waals surface area (Å²) in [6, 6.07) is 3.66. The van der Waals surface area contributed by atoms with Gasteiger partial charge in [0.2, 0.25) is 0 Å². The van der Waals surface area contributed by atoms with Gasteiger partial charge < -0.3 is 14.2 Å². The Balaban J connectivity index is 2.60. The smallest absolute Gasteiger partial charge is 0.317 e. The van der Waals surface area contributed by atoms with Gasteiger partial charge in [-0.05, 0) is 24.6 Å². The van der Waals surface area contributed by atoms with Crippen molar-refractivity contribution < 1.29 is 23.8 Å². The summed E-state index contributed by atoms with van der Waals surface area (Å²) in [7, 11) is 4.30. The second kappa shape index (κ2) is 6.52. The summed E-state index contributed by atoms with van der Waals surface area (Å²) >= 11 is 3.40. The van der Waals surface area contributed by atoms with Crippen LogP contribution in [0.5, 0.6) is 5.75 Å². The van der Waals surface area contributed by atoms with E-state index in [0.29, 0.717) is 22.6 Å². The molecule has 1 atom stereocenters. The molecule has 0 aliphatic heterocycles. The van der Waals surface area contributed by atoms with E-state index >= 15 is 0 Å². The summed E-state index contributed by atoms with van der Waals surface area (Å²) in [5.74, 6) is -0.683. The molecule has 6 heteroatoms. The van der Waals surface area contributed by atoms with Crippen LogP contribution in [-0.4, -0.2) is 33.1 Å². The molecule has 2 rings (SSSR count). The fraction of sp³-hybridized carbons (Fsp3) is 0.375. The molecule has 0 aromatic heterocycles. The van der Waals surface area contributed by atoms with Gasteiger partial charge in [0.25, 0.3) is 0 Å². The molecular weight excluding hydrogens is 352 g/mol. The number of Topliss-reactive ketones (excluding diaryl/α,β-unsaturated/α-hetero) is 1. The van der Waals surface area contributed by atoms with Gasteiger partial charge in [-0.1, -0.05) is 15.9 Å². The Morgan fingerprint density at radius 3 is 2.45 bits per heavy atom. The second-order valence-electron chi connectivity index (χ2n) is 4.95. The molecule has 0 amide bonds. The van der Waals surface area contributed by atoms with Crippen LogP contribution in [0.4, 0.5) is 0 Å². The third-order valence-corrected chi connectivity index (χ3v) is 4.16. The lowest BCUT2D eigenvalue weighted by Crippen LogP contribution is -2.22. The van der Waals surface area contributed by atoms with Gasteiger partial charge in [0.15, 0.2) is 5.78 Å². The van der Waals surface area contributed by atoms with E-state index in [2.05, 4.69) is 15.9 Å². The largest absolute Gasteiger partial charge is 0.500 e. The van der Waals surface area contributed by atoms with Crippen LogP contribution in [0.1, 0.15) is 17.5 Å². The normalized spacial score (nSPS) is 17.7. The van der Waals surface area contributed by atoms with E-state index in [1.165, 1.54) is 21.3 Å². The minimum Gasteiger partial charge on any atom is -0.500 e. The molecule has 0 radical (unpaired) electrons. The van der Waals surface area contributed by atoms with Crippen LogP contribution in [0.25, 0.3) is 5.57 Å². The predicted octanol–water partition coefficient (Wildman–Crippen LogP) is 2.89. The lowest BCUT2D eigenvalue weighted by Gasteiger charge is -2.14. The molecular formula is C16H17BrO5. The fourth-order valence-corrected chi connectivity index (χ4v) is 3.22. The zero-order valence-corrected chi connectivity index (χ0v) is 14.4. The molecule has 1 unspecified atom stereocenters. The maximum Gasteiger partial charge on any atom is 0.317 e. The molecule has 1 aliphatic rings. The van der Waals surface area contributed by atoms with E-state index in [-0.39, 0.29) is 12.2 Å². The van der Waals surface area contributed by atoms with Gasteiger partial charge in [-0.2, -0.15) is 0 Å². The van der Waals surface area contributed by atoms with Crippen LogP contribution < -0.4 is 4.74 Å². The highest BCUT2D eigenvalue weighted by atomic mass is 79.9. The van der Waals surface area contributed by atoms with Gasteiger partial charge in [0, 0.05) is 16.5 Å². The number of carbonyl (C=O) groups excluding carboxylic acids is 2. The summed E-state index contributed by atoms with van der Waals surface area (Å²) in [6.45, 7) is 1.88. The maximum atomic E-state index is 12.7. The lowest BCUT2D eigenvalue weighted by atomic mass is 9.95. The minimum atomic E-state index is -0.859. The molecule has 0 N–H and O–H groups in total. The highest BCUT2D eigenvalue weighted by Gasteiger charge is 2.41. The molecule has 0 saturated heterocycles. The standard InChI is InChI=1S/C16H17BrO5/c1-8-5-9(17)6-11(20-2)13(8)14-12(21-3)7-10(15(14)18)16(19)22-4/h5-6,10H,7H2,1-4H3. The number of halogens is 1. The number of hydrogen-bond donors (Lipinski definition) is 0.